The highest BCUT2D eigenvalue weighted by atomic mass is 35.5. The van der Waals surface area contributed by atoms with Gasteiger partial charge in [-0.2, -0.15) is 0 Å². The summed E-state index contributed by atoms with van der Waals surface area (Å²) in [4.78, 5) is 31.3. The third-order valence-corrected chi connectivity index (χ3v) is 11.8. The molecule has 4 bridgehead atoms. The van der Waals surface area contributed by atoms with E-state index in [1.807, 2.05) is 6.07 Å². The number of halogens is 1. The summed E-state index contributed by atoms with van der Waals surface area (Å²) in [5.74, 6) is 1.10. The topological polar surface area (TPSA) is 108 Å². The number of carbonyl (C=O) groups is 2. The Bertz CT molecular complexity index is 1570. The van der Waals surface area contributed by atoms with E-state index < -0.39 is 22.1 Å². The number of urea groups is 1. The fraction of sp³-hybridized carbons (Fsp3) is 0.548. The van der Waals surface area contributed by atoms with Crippen molar-refractivity contribution in [2.24, 2.45) is 11.8 Å². The molecule has 230 valence electrons. The fourth-order valence-electron chi connectivity index (χ4n) is 7.55. The van der Waals surface area contributed by atoms with Crippen LogP contribution in [0.4, 0.5) is 15.3 Å². The number of rotatable bonds is 0. The lowest BCUT2D eigenvalue weighted by atomic mass is 9.69. The second-order valence-corrected chi connectivity index (χ2v) is 14.9. The molecule has 1 unspecified atom stereocenters. The normalized spacial score (nSPS) is 30.2. The van der Waals surface area contributed by atoms with Gasteiger partial charge >= 0.3 is 12.1 Å². The van der Waals surface area contributed by atoms with E-state index in [1.54, 1.807) is 19.2 Å². The van der Waals surface area contributed by atoms with Gasteiger partial charge in [0.15, 0.2) is 0 Å². The maximum Gasteiger partial charge on any atom is 0.409 e. The number of likely N-dealkylation sites (N-methyl/N-ethyl adjacent to an activating group) is 1. The zero-order chi connectivity index (χ0) is 29.9. The molecule has 3 amide bonds. The highest BCUT2D eigenvalue weighted by molar-refractivity contribution is 7.90. The number of sulfonamides is 1. The Morgan fingerprint density at radius 3 is 2.65 bits per heavy atom. The van der Waals surface area contributed by atoms with E-state index in [-0.39, 0.29) is 34.7 Å². The molecule has 2 fully saturated rings. The van der Waals surface area contributed by atoms with Crippen molar-refractivity contribution in [3.05, 3.63) is 52.5 Å². The molecular formula is C31H37ClN4O6S. The van der Waals surface area contributed by atoms with Gasteiger partial charge in [0.25, 0.3) is 10.0 Å². The number of carbonyl (C=O) groups excluding carboxylic acids is 2. The summed E-state index contributed by atoms with van der Waals surface area (Å²) >= 11 is 6.38. The fourth-order valence-corrected chi connectivity index (χ4v) is 8.74. The molecule has 3 aliphatic heterocycles. The highest BCUT2D eigenvalue weighted by Gasteiger charge is 2.44. The molecule has 1 N–H and O–H groups in total. The minimum absolute atomic E-state index is 0.0147. The van der Waals surface area contributed by atoms with E-state index in [9.17, 15) is 18.0 Å². The lowest BCUT2D eigenvalue weighted by Crippen LogP contribution is -2.49. The smallest absolute Gasteiger partial charge is 0.409 e. The Morgan fingerprint density at radius 1 is 1.00 bits per heavy atom. The molecule has 1 saturated heterocycles. The van der Waals surface area contributed by atoms with Crippen molar-refractivity contribution in [3.8, 4) is 5.75 Å². The Balaban J connectivity index is 1.28. The lowest BCUT2D eigenvalue weighted by Gasteiger charge is -2.44. The van der Waals surface area contributed by atoms with Crippen LogP contribution >= 0.6 is 11.6 Å². The lowest BCUT2D eigenvalue weighted by molar-refractivity contribution is 0.0441. The molecule has 2 aromatic carbocycles. The molecule has 43 heavy (non-hydrogen) atoms. The van der Waals surface area contributed by atoms with Gasteiger partial charge in [-0.1, -0.05) is 17.7 Å². The molecular weight excluding hydrogens is 592 g/mol. The first kappa shape index (κ1) is 28.6. The second-order valence-electron chi connectivity index (χ2n) is 12.8. The summed E-state index contributed by atoms with van der Waals surface area (Å²) in [5.41, 5.74) is 2.85. The minimum Gasteiger partial charge on any atom is -0.490 e. The van der Waals surface area contributed by atoms with Gasteiger partial charge in [-0.15, -0.1) is 0 Å². The van der Waals surface area contributed by atoms with Crippen LogP contribution in [-0.2, 0) is 26.6 Å². The summed E-state index contributed by atoms with van der Waals surface area (Å²) in [5, 5.41) is 0.716. The predicted octanol–water partition coefficient (Wildman–Crippen LogP) is 4.39. The first-order chi connectivity index (χ1) is 20.6. The van der Waals surface area contributed by atoms with Crippen LogP contribution in [0.15, 0.2) is 41.3 Å². The number of anilines is 1. The van der Waals surface area contributed by atoms with Gasteiger partial charge in [0, 0.05) is 43.7 Å². The van der Waals surface area contributed by atoms with Crippen LogP contribution in [0.25, 0.3) is 0 Å². The van der Waals surface area contributed by atoms with Gasteiger partial charge in [0.05, 0.1) is 29.8 Å². The minimum atomic E-state index is -4.17. The Morgan fingerprint density at radius 2 is 1.84 bits per heavy atom. The first-order valence-electron chi connectivity index (χ1n) is 15.1. The van der Waals surface area contributed by atoms with E-state index >= 15 is 0 Å². The molecule has 5 aliphatic rings. The predicted molar refractivity (Wildman–Crippen MR) is 161 cm³/mol. The van der Waals surface area contributed by atoms with E-state index in [4.69, 9.17) is 21.1 Å². The van der Waals surface area contributed by atoms with Crippen LogP contribution < -0.4 is 14.4 Å². The highest BCUT2D eigenvalue weighted by Crippen LogP contribution is 2.46. The first-order valence-corrected chi connectivity index (χ1v) is 17.0. The summed E-state index contributed by atoms with van der Waals surface area (Å²) in [7, 11) is -2.49. The van der Waals surface area contributed by atoms with Crippen LogP contribution in [0.2, 0.25) is 5.02 Å². The molecule has 2 aromatic rings. The summed E-state index contributed by atoms with van der Waals surface area (Å²) in [6.07, 6.45) is 4.98. The molecule has 1 spiro atoms. The molecule has 7 rings (SSSR count). The maximum atomic E-state index is 13.5. The Hall–Kier alpha value is -3.18. The molecule has 0 aromatic heterocycles. The van der Waals surface area contributed by atoms with E-state index in [0.29, 0.717) is 55.7 Å². The largest absolute Gasteiger partial charge is 0.490 e. The van der Waals surface area contributed by atoms with Crippen molar-refractivity contribution < 1.29 is 27.5 Å². The summed E-state index contributed by atoms with van der Waals surface area (Å²) in [6.45, 7) is 2.69. The zero-order valence-electron chi connectivity index (χ0n) is 24.3. The number of fused-ring (bicyclic) bond motifs is 6. The number of amides is 3. The van der Waals surface area contributed by atoms with Crippen molar-refractivity contribution >= 4 is 39.4 Å². The monoisotopic (exact) mass is 628 g/mol. The van der Waals surface area contributed by atoms with Gasteiger partial charge in [0.1, 0.15) is 5.75 Å². The Labute approximate surface area is 257 Å². The molecule has 0 radical (unpaired) electrons. The number of cyclic esters (lactones) is 1. The average Bonchev–Trinajstić information content (AvgIpc) is 3.41. The molecule has 3 heterocycles. The number of benzene rings is 2. The second kappa shape index (κ2) is 10.8. The number of nitrogens with zero attached hydrogens (tertiary/aromatic N) is 3. The quantitative estimate of drug-likeness (QED) is 0.461. The molecule has 10 nitrogen and oxygen atoms in total. The zero-order valence-corrected chi connectivity index (χ0v) is 25.8. The molecule has 2 aliphatic carbocycles. The number of hydrogen-bond acceptors (Lipinski definition) is 7. The van der Waals surface area contributed by atoms with Crippen molar-refractivity contribution in [2.75, 3.05) is 51.3 Å². The standard InChI is InChI=1S/C31H37ClN4O6S/c1-34-24-10-12-35(16-24)29(37)33-43(39,40)25-7-9-28-27(14-25)36(15-21-4-5-22(21)17-41-30(34)38)18-31(19-42-28)11-2-3-20-13-23(32)6-8-26(20)31/h6-9,13-14,21-22,24H,2-5,10-12,15-19H2,1H3,(H,33,37)/t21-,22-,24?,31-/m0/s1. The third-order valence-electron chi connectivity index (χ3n) is 10.3. The summed E-state index contributed by atoms with van der Waals surface area (Å²) < 4.78 is 41.6. The van der Waals surface area contributed by atoms with Gasteiger partial charge in [-0.3, -0.25) is 0 Å². The summed E-state index contributed by atoms with van der Waals surface area (Å²) in [6, 6.07) is 10.0. The van der Waals surface area contributed by atoms with Crippen molar-refractivity contribution in [3.63, 3.8) is 0 Å². The third kappa shape index (κ3) is 5.18. The SMILES string of the molecule is CN1C(=O)OC[C@@H]2CC[C@H]2CN2C[C@@]3(CCCc4cc(Cl)ccc43)COc3ccc(cc32)S(=O)(=O)NC(=O)N2CCC1C2. The van der Waals surface area contributed by atoms with E-state index in [2.05, 4.69) is 21.8 Å². The van der Waals surface area contributed by atoms with Crippen LogP contribution in [0.3, 0.4) is 0 Å². The maximum absolute atomic E-state index is 13.5. The van der Waals surface area contributed by atoms with Crippen molar-refractivity contribution in [1.29, 1.82) is 0 Å². The number of nitrogens with one attached hydrogen (secondary N) is 1. The number of aryl methyl sites for hydroxylation is 1. The Kier molecular flexibility index (Phi) is 7.16. The van der Waals surface area contributed by atoms with Gasteiger partial charge in [-0.25, -0.2) is 22.7 Å². The van der Waals surface area contributed by atoms with E-state index in [1.165, 1.54) is 27.0 Å². The molecule has 12 heteroatoms. The number of ether oxygens (including phenoxy) is 2. The molecule has 4 atom stereocenters. The van der Waals surface area contributed by atoms with E-state index in [0.717, 1.165) is 32.1 Å². The van der Waals surface area contributed by atoms with Crippen molar-refractivity contribution in [1.82, 2.24) is 14.5 Å². The molecule has 1 saturated carbocycles. The van der Waals surface area contributed by atoms with Crippen LogP contribution in [0.1, 0.15) is 43.2 Å². The van der Waals surface area contributed by atoms with Crippen molar-refractivity contribution in [2.45, 2.75) is 54.9 Å². The number of hydrogen-bond donors (Lipinski definition) is 1. The van der Waals surface area contributed by atoms with Crippen LogP contribution in [0.5, 0.6) is 5.75 Å². The average molecular weight is 629 g/mol. The van der Waals surface area contributed by atoms with Gasteiger partial charge in [0.2, 0.25) is 0 Å². The van der Waals surface area contributed by atoms with Crippen LogP contribution in [-0.4, -0.2) is 82.8 Å². The van der Waals surface area contributed by atoms with Crippen LogP contribution in [0, 0.1) is 11.8 Å². The van der Waals surface area contributed by atoms with Gasteiger partial charge in [-0.05, 0) is 91.8 Å². The van der Waals surface area contributed by atoms with Gasteiger partial charge < -0.3 is 24.2 Å².